The fourth-order valence-electron chi connectivity index (χ4n) is 1.54. The van der Waals surface area contributed by atoms with E-state index in [-0.39, 0.29) is 12.5 Å². The van der Waals surface area contributed by atoms with Crippen LogP contribution in [0.5, 0.6) is 11.5 Å². The van der Waals surface area contributed by atoms with Gasteiger partial charge in [0.05, 0.1) is 14.2 Å². The predicted molar refractivity (Wildman–Crippen MR) is 59.5 cm³/mol. The second kappa shape index (κ2) is 5.61. The molecule has 0 amide bonds. The normalized spacial score (nSPS) is 12.3. The Morgan fingerprint density at radius 2 is 1.73 bits per heavy atom. The molecule has 0 bridgehead atoms. The largest absolute Gasteiger partial charge is 0.496 e. The monoisotopic (exact) mass is 210 g/mol. The van der Waals surface area contributed by atoms with Crippen molar-refractivity contribution in [3.05, 3.63) is 23.8 Å². The van der Waals surface area contributed by atoms with Gasteiger partial charge in [0.25, 0.3) is 0 Å². The molecule has 1 N–H and O–H groups in total. The van der Waals surface area contributed by atoms with Gasteiger partial charge in [-0.05, 0) is 24.5 Å². The zero-order chi connectivity index (χ0) is 11.3. The van der Waals surface area contributed by atoms with Gasteiger partial charge >= 0.3 is 0 Å². The lowest BCUT2D eigenvalue weighted by atomic mass is 10.00. The van der Waals surface area contributed by atoms with E-state index in [4.69, 9.17) is 14.6 Å². The van der Waals surface area contributed by atoms with Crippen LogP contribution in [0, 0.1) is 5.92 Å². The lowest BCUT2D eigenvalue weighted by molar-refractivity contribution is 0.235. The zero-order valence-electron chi connectivity index (χ0n) is 9.49. The summed E-state index contributed by atoms with van der Waals surface area (Å²) in [5.74, 6) is 1.83. The summed E-state index contributed by atoms with van der Waals surface area (Å²) in [6, 6.07) is 5.70. The number of aliphatic hydroxyl groups is 1. The van der Waals surface area contributed by atoms with Crippen molar-refractivity contribution in [2.75, 3.05) is 20.8 Å². The second-order valence-corrected chi connectivity index (χ2v) is 3.63. The third kappa shape index (κ3) is 2.86. The third-order valence-corrected chi connectivity index (χ3v) is 2.39. The van der Waals surface area contributed by atoms with E-state index in [1.807, 2.05) is 25.1 Å². The number of rotatable bonds is 5. The molecule has 1 aromatic carbocycles. The van der Waals surface area contributed by atoms with Gasteiger partial charge in [-0.2, -0.15) is 0 Å². The smallest absolute Gasteiger partial charge is 0.125 e. The third-order valence-electron chi connectivity index (χ3n) is 2.39. The summed E-state index contributed by atoms with van der Waals surface area (Å²) in [7, 11) is 3.28. The van der Waals surface area contributed by atoms with Crippen molar-refractivity contribution in [3.63, 3.8) is 0 Å². The minimum absolute atomic E-state index is 0.168. The molecule has 3 heteroatoms. The van der Waals surface area contributed by atoms with Crippen LogP contribution in [0.4, 0.5) is 0 Å². The van der Waals surface area contributed by atoms with Crippen LogP contribution in [0.15, 0.2) is 18.2 Å². The highest BCUT2D eigenvalue weighted by Crippen LogP contribution is 2.30. The number of hydrogen-bond acceptors (Lipinski definition) is 3. The molecule has 1 unspecified atom stereocenters. The minimum atomic E-state index is 0.168. The SMILES string of the molecule is COc1cccc(OC)c1CC(C)CO. The van der Waals surface area contributed by atoms with E-state index in [1.54, 1.807) is 14.2 Å². The van der Waals surface area contributed by atoms with E-state index in [1.165, 1.54) is 0 Å². The fraction of sp³-hybridized carbons (Fsp3) is 0.500. The first kappa shape index (κ1) is 11.9. The first-order valence-electron chi connectivity index (χ1n) is 5.03. The molecule has 0 spiro atoms. The van der Waals surface area contributed by atoms with Gasteiger partial charge in [0.1, 0.15) is 11.5 Å². The maximum absolute atomic E-state index is 9.04. The van der Waals surface area contributed by atoms with Crippen LogP contribution >= 0.6 is 0 Å². The topological polar surface area (TPSA) is 38.7 Å². The Morgan fingerprint density at radius 1 is 1.20 bits per heavy atom. The van der Waals surface area contributed by atoms with Crippen molar-refractivity contribution in [2.24, 2.45) is 5.92 Å². The van der Waals surface area contributed by atoms with Gasteiger partial charge in [0.2, 0.25) is 0 Å². The van der Waals surface area contributed by atoms with Gasteiger partial charge < -0.3 is 14.6 Å². The maximum Gasteiger partial charge on any atom is 0.125 e. The van der Waals surface area contributed by atoms with Crippen molar-refractivity contribution in [2.45, 2.75) is 13.3 Å². The van der Waals surface area contributed by atoms with Crippen LogP contribution in [0.3, 0.4) is 0 Å². The van der Waals surface area contributed by atoms with Gasteiger partial charge in [0, 0.05) is 12.2 Å². The van der Waals surface area contributed by atoms with Crippen molar-refractivity contribution >= 4 is 0 Å². The number of methoxy groups -OCH3 is 2. The Balaban J connectivity index is 2.99. The zero-order valence-corrected chi connectivity index (χ0v) is 9.49. The van der Waals surface area contributed by atoms with Crippen molar-refractivity contribution in [1.82, 2.24) is 0 Å². The molecule has 0 saturated carbocycles. The standard InChI is InChI=1S/C12H18O3/c1-9(8-13)7-10-11(14-2)5-4-6-12(10)15-3/h4-6,9,13H,7-8H2,1-3H3. The molecule has 0 fully saturated rings. The van der Waals surface area contributed by atoms with Gasteiger partial charge in [0.15, 0.2) is 0 Å². The van der Waals surface area contributed by atoms with Crippen molar-refractivity contribution < 1.29 is 14.6 Å². The minimum Gasteiger partial charge on any atom is -0.496 e. The number of ether oxygens (including phenoxy) is 2. The van der Waals surface area contributed by atoms with Crippen molar-refractivity contribution in [3.8, 4) is 11.5 Å². The first-order valence-corrected chi connectivity index (χ1v) is 5.03. The molecular weight excluding hydrogens is 192 g/mol. The van der Waals surface area contributed by atoms with Gasteiger partial charge in [-0.1, -0.05) is 13.0 Å². The van der Waals surface area contributed by atoms with Crippen LogP contribution in [0.1, 0.15) is 12.5 Å². The van der Waals surface area contributed by atoms with Crippen molar-refractivity contribution in [1.29, 1.82) is 0 Å². The van der Waals surface area contributed by atoms with E-state index in [2.05, 4.69) is 0 Å². The second-order valence-electron chi connectivity index (χ2n) is 3.63. The molecule has 1 atom stereocenters. The highest BCUT2D eigenvalue weighted by atomic mass is 16.5. The average Bonchev–Trinajstić information content (AvgIpc) is 2.29. The number of benzene rings is 1. The van der Waals surface area contributed by atoms with E-state index < -0.39 is 0 Å². The molecule has 15 heavy (non-hydrogen) atoms. The molecule has 0 radical (unpaired) electrons. The molecule has 0 aliphatic carbocycles. The van der Waals surface area contributed by atoms with E-state index in [9.17, 15) is 0 Å². The summed E-state index contributed by atoms with van der Waals surface area (Å²) in [6.07, 6.45) is 0.754. The first-order chi connectivity index (χ1) is 7.22. The molecule has 1 aromatic rings. The lowest BCUT2D eigenvalue weighted by Gasteiger charge is -2.15. The number of hydrogen-bond donors (Lipinski definition) is 1. The molecule has 3 nitrogen and oxygen atoms in total. The summed E-state index contributed by atoms with van der Waals surface area (Å²) >= 11 is 0. The van der Waals surface area contributed by atoms with Gasteiger partial charge in [-0.25, -0.2) is 0 Å². The molecular formula is C12H18O3. The molecule has 0 saturated heterocycles. The van der Waals surface area contributed by atoms with Crippen LogP contribution in [0.2, 0.25) is 0 Å². The van der Waals surface area contributed by atoms with Crippen LogP contribution in [-0.4, -0.2) is 25.9 Å². The molecule has 0 heterocycles. The number of aliphatic hydroxyl groups excluding tert-OH is 1. The Hall–Kier alpha value is -1.22. The predicted octanol–water partition coefficient (Wildman–Crippen LogP) is 1.87. The van der Waals surface area contributed by atoms with Gasteiger partial charge in [-0.15, -0.1) is 0 Å². The summed E-state index contributed by atoms with van der Waals surface area (Å²) in [4.78, 5) is 0. The quantitative estimate of drug-likeness (QED) is 0.806. The fourth-order valence-corrected chi connectivity index (χ4v) is 1.54. The Bertz CT molecular complexity index is 287. The summed E-state index contributed by atoms with van der Waals surface area (Å²) in [5.41, 5.74) is 1.02. The van der Waals surface area contributed by atoms with Gasteiger partial charge in [-0.3, -0.25) is 0 Å². The highest BCUT2D eigenvalue weighted by Gasteiger charge is 2.12. The Morgan fingerprint density at radius 3 is 2.13 bits per heavy atom. The summed E-state index contributed by atoms with van der Waals surface area (Å²) in [6.45, 7) is 2.16. The van der Waals surface area contributed by atoms with E-state index >= 15 is 0 Å². The Kier molecular flexibility index (Phi) is 4.43. The van der Waals surface area contributed by atoms with E-state index in [0.29, 0.717) is 0 Å². The Labute approximate surface area is 90.6 Å². The molecule has 0 aliphatic heterocycles. The summed E-state index contributed by atoms with van der Waals surface area (Å²) < 4.78 is 10.5. The lowest BCUT2D eigenvalue weighted by Crippen LogP contribution is -2.07. The van der Waals surface area contributed by atoms with Crippen LogP contribution in [-0.2, 0) is 6.42 Å². The molecule has 0 aromatic heterocycles. The summed E-state index contributed by atoms with van der Waals surface area (Å²) in [5, 5.41) is 9.04. The van der Waals surface area contributed by atoms with Crippen LogP contribution < -0.4 is 9.47 Å². The molecule has 84 valence electrons. The molecule has 1 rings (SSSR count). The maximum atomic E-state index is 9.04. The van der Waals surface area contributed by atoms with E-state index in [0.717, 1.165) is 23.5 Å². The average molecular weight is 210 g/mol. The molecule has 0 aliphatic rings. The van der Waals surface area contributed by atoms with Crippen LogP contribution in [0.25, 0.3) is 0 Å². The highest BCUT2D eigenvalue weighted by molar-refractivity contribution is 5.45.